The first-order valence-corrected chi connectivity index (χ1v) is 3.35. The highest BCUT2D eigenvalue weighted by Gasteiger charge is 2.16. The molecule has 0 unspecified atom stereocenters. The summed E-state index contributed by atoms with van der Waals surface area (Å²) in [7, 11) is 0. The Labute approximate surface area is 72.0 Å². The van der Waals surface area contributed by atoms with Crippen LogP contribution < -0.4 is 0 Å². The molecule has 0 saturated carbocycles. The molecule has 0 saturated heterocycles. The van der Waals surface area contributed by atoms with Crippen LogP contribution in [-0.4, -0.2) is 30.8 Å². The number of carboxylic acid groups (broad SMARTS) is 1. The van der Waals surface area contributed by atoms with Crippen molar-refractivity contribution in [3.8, 4) is 0 Å². The van der Waals surface area contributed by atoms with Crippen LogP contribution in [0, 0.1) is 10.1 Å². The maximum Gasteiger partial charge on any atom is 0.455 e. The second-order valence-electron chi connectivity index (χ2n) is 2.18. The van der Waals surface area contributed by atoms with E-state index in [0.717, 1.165) is 11.0 Å². The van der Waals surface area contributed by atoms with Crippen molar-refractivity contribution < 1.29 is 14.8 Å². The van der Waals surface area contributed by atoms with E-state index >= 15 is 0 Å². The van der Waals surface area contributed by atoms with E-state index in [1.807, 2.05) is 0 Å². The van der Waals surface area contributed by atoms with Gasteiger partial charge in [-0.05, 0) is 4.92 Å². The highest BCUT2D eigenvalue weighted by Crippen LogP contribution is 2.04. The zero-order valence-electron chi connectivity index (χ0n) is 6.45. The Kier molecular flexibility index (Phi) is 2.52. The molecule has 1 N–H and O–H groups in total. The molecule has 1 aromatic rings. The first kappa shape index (κ1) is 9.10. The van der Waals surface area contributed by atoms with Gasteiger partial charge >= 0.3 is 11.9 Å². The highest BCUT2D eigenvalue weighted by atomic mass is 16.6. The molecule has 0 bridgehead atoms. The van der Waals surface area contributed by atoms with Crippen molar-refractivity contribution in [2.24, 2.45) is 0 Å². The molecular weight excluding hydrogens is 180 g/mol. The maximum atomic E-state index is 10.3. The van der Waals surface area contributed by atoms with Crippen molar-refractivity contribution >= 4 is 11.9 Å². The highest BCUT2D eigenvalue weighted by molar-refractivity contribution is 5.66. The van der Waals surface area contributed by atoms with Gasteiger partial charge in [0.05, 0.1) is 6.42 Å². The molecule has 70 valence electrons. The van der Waals surface area contributed by atoms with E-state index in [9.17, 15) is 14.9 Å². The number of aromatic nitrogens is 3. The summed E-state index contributed by atoms with van der Waals surface area (Å²) in [4.78, 5) is 23.0. The van der Waals surface area contributed by atoms with E-state index in [0.29, 0.717) is 0 Å². The smallest absolute Gasteiger partial charge is 0.455 e. The van der Waals surface area contributed by atoms with Gasteiger partial charge in [-0.15, -0.1) is 4.68 Å². The molecule has 0 fully saturated rings. The van der Waals surface area contributed by atoms with E-state index < -0.39 is 16.8 Å². The standard InChI is InChI=1S/C5H6N4O4/c10-4(11)1-2-8-5(9(12)13)6-3-7-8/h3H,1-2H2,(H,10,11). The molecule has 1 aromatic heterocycles. The minimum atomic E-state index is -1.04. The summed E-state index contributed by atoms with van der Waals surface area (Å²) in [5, 5.41) is 22.1. The van der Waals surface area contributed by atoms with Crippen molar-refractivity contribution in [1.82, 2.24) is 14.8 Å². The minimum Gasteiger partial charge on any atom is -0.481 e. The maximum absolute atomic E-state index is 10.3. The summed E-state index contributed by atoms with van der Waals surface area (Å²) in [6.45, 7) is -0.0500. The zero-order chi connectivity index (χ0) is 9.84. The molecule has 0 aromatic carbocycles. The van der Waals surface area contributed by atoms with Gasteiger partial charge in [0.25, 0.3) is 0 Å². The fourth-order valence-corrected chi connectivity index (χ4v) is 0.759. The largest absolute Gasteiger partial charge is 0.481 e. The Morgan fingerprint density at radius 1 is 1.77 bits per heavy atom. The number of hydrogen-bond acceptors (Lipinski definition) is 5. The molecule has 0 spiro atoms. The Bertz CT molecular complexity index is 333. The molecule has 0 aliphatic carbocycles. The van der Waals surface area contributed by atoms with Gasteiger partial charge in [0.15, 0.2) is 0 Å². The number of carbonyl (C=O) groups is 1. The average molecular weight is 186 g/mol. The van der Waals surface area contributed by atoms with Gasteiger partial charge in [-0.1, -0.05) is 10.1 Å². The lowest BCUT2D eigenvalue weighted by Gasteiger charge is -1.95. The Morgan fingerprint density at radius 3 is 3.00 bits per heavy atom. The fourth-order valence-electron chi connectivity index (χ4n) is 0.759. The van der Waals surface area contributed by atoms with E-state index in [1.165, 1.54) is 0 Å². The topological polar surface area (TPSA) is 111 Å². The van der Waals surface area contributed by atoms with E-state index in [1.54, 1.807) is 0 Å². The lowest BCUT2D eigenvalue weighted by molar-refractivity contribution is -0.397. The van der Waals surface area contributed by atoms with Crippen LogP contribution >= 0.6 is 0 Å². The number of rotatable bonds is 4. The van der Waals surface area contributed by atoms with E-state index in [2.05, 4.69) is 10.1 Å². The van der Waals surface area contributed by atoms with E-state index in [-0.39, 0.29) is 13.0 Å². The number of aliphatic carboxylic acids is 1. The summed E-state index contributed by atoms with van der Waals surface area (Å²) in [6, 6.07) is 0. The van der Waals surface area contributed by atoms with Crippen molar-refractivity contribution in [2.45, 2.75) is 13.0 Å². The fraction of sp³-hybridized carbons (Fsp3) is 0.400. The molecule has 1 heterocycles. The normalized spacial score (nSPS) is 9.85. The Hall–Kier alpha value is -1.99. The molecule has 8 nitrogen and oxygen atoms in total. The summed E-state index contributed by atoms with van der Waals surface area (Å²) in [6.07, 6.45) is 0.796. The number of nitrogens with zero attached hydrogens (tertiary/aromatic N) is 4. The second-order valence-corrected chi connectivity index (χ2v) is 2.18. The molecule has 0 radical (unpaired) electrons. The second kappa shape index (κ2) is 3.61. The minimum absolute atomic E-state index is 0.0500. The number of carboxylic acids is 1. The average Bonchev–Trinajstić information content (AvgIpc) is 2.47. The summed E-state index contributed by atoms with van der Waals surface area (Å²) in [5.74, 6) is -1.48. The quantitative estimate of drug-likeness (QED) is 0.508. The van der Waals surface area contributed by atoms with Crippen molar-refractivity contribution in [1.29, 1.82) is 0 Å². The van der Waals surface area contributed by atoms with Gasteiger partial charge in [-0.25, -0.2) is 0 Å². The molecular formula is C5H6N4O4. The van der Waals surface area contributed by atoms with Crippen LogP contribution in [0.15, 0.2) is 6.33 Å². The van der Waals surface area contributed by atoms with Gasteiger partial charge in [0.1, 0.15) is 6.54 Å². The van der Waals surface area contributed by atoms with Crippen LogP contribution in [0.2, 0.25) is 0 Å². The Balaban J connectivity index is 2.71. The number of nitro groups is 1. The third kappa shape index (κ3) is 2.22. The molecule has 0 aliphatic heterocycles. The van der Waals surface area contributed by atoms with E-state index in [4.69, 9.17) is 5.11 Å². The van der Waals surface area contributed by atoms with Gasteiger partial charge in [-0.3, -0.25) is 4.79 Å². The van der Waals surface area contributed by atoms with Gasteiger partial charge < -0.3 is 15.2 Å². The van der Waals surface area contributed by atoms with Crippen LogP contribution in [0.5, 0.6) is 0 Å². The molecule has 8 heteroatoms. The van der Waals surface area contributed by atoms with Crippen molar-refractivity contribution in [2.75, 3.05) is 0 Å². The van der Waals surface area contributed by atoms with Crippen LogP contribution in [0.4, 0.5) is 5.95 Å². The van der Waals surface area contributed by atoms with Crippen LogP contribution in [0.3, 0.4) is 0 Å². The third-order valence-corrected chi connectivity index (χ3v) is 1.30. The lowest BCUT2D eigenvalue weighted by atomic mass is 10.4. The van der Waals surface area contributed by atoms with Crippen LogP contribution in [0.25, 0.3) is 0 Å². The third-order valence-electron chi connectivity index (χ3n) is 1.30. The molecule has 1 rings (SSSR count). The first-order chi connectivity index (χ1) is 6.11. The Morgan fingerprint density at radius 2 is 2.46 bits per heavy atom. The predicted octanol–water partition coefficient (Wildman–Crippen LogP) is -0.339. The lowest BCUT2D eigenvalue weighted by Crippen LogP contribution is -2.09. The first-order valence-electron chi connectivity index (χ1n) is 3.35. The predicted molar refractivity (Wildman–Crippen MR) is 38.9 cm³/mol. The molecule has 0 aliphatic rings. The summed E-state index contributed by atoms with van der Waals surface area (Å²) < 4.78 is 0.939. The molecule has 0 atom stereocenters. The van der Waals surface area contributed by atoms with Crippen molar-refractivity contribution in [3.63, 3.8) is 0 Å². The summed E-state index contributed by atoms with van der Waals surface area (Å²) >= 11 is 0. The number of hydrogen-bond donors (Lipinski definition) is 1. The summed E-state index contributed by atoms with van der Waals surface area (Å²) in [5.41, 5.74) is 0. The number of aryl methyl sites for hydroxylation is 1. The van der Waals surface area contributed by atoms with Crippen molar-refractivity contribution in [3.05, 3.63) is 16.4 Å². The monoisotopic (exact) mass is 186 g/mol. The zero-order valence-corrected chi connectivity index (χ0v) is 6.45. The SMILES string of the molecule is O=C(O)CCn1ncnc1[N+](=O)[O-]. The molecule has 13 heavy (non-hydrogen) atoms. The molecule has 0 amide bonds. The van der Waals surface area contributed by atoms with Gasteiger partial charge in [-0.2, -0.15) is 0 Å². The van der Waals surface area contributed by atoms with Crippen LogP contribution in [0.1, 0.15) is 6.42 Å². The van der Waals surface area contributed by atoms with Gasteiger partial charge in [0.2, 0.25) is 6.33 Å². The van der Waals surface area contributed by atoms with Crippen LogP contribution in [-0.2, 0) is 11.3 Å². The van der Waals surface area contributed by atoms with Gasteiger partial charge in [0, 0.05) is 0 Å².